The standard InChI is InChI=1S/C14H10N2O3/c15-13(17)9-5-3-8(4-6-9)12-11-10(14(18)19-12)2-1-7-16-11/h1-7,12H,(H2,15,17). The molecule has 1 aliphatic heterocycles. The van der Waals surface area contributed by atoms with E-state index in [2.05, 4.69) is 4.98 Å². The van der Waals surface area contributed by atoms with Crippen molar-refractivity contribution in [1.29, 1.82) is 0 Å². The van der Waals surface area contributed by atoms with Gasteiger partial charge >= 0.3 is 5.97 Å². The van der Waals surface area contributed by atoms with Gasteiger partial charge in [-0.05, 0) is 29.8 Å². The average molecular weight is 254 g/mol. The predicted octanol–water partition coefficient (Wildman–Crippen LogP) is 1.44. The van der Waals surface area contributed by atoms with Crippen LogP contribution in [0.25, 0.3) is 0 Å². The lowest BCUT2D eigenvalue weighted by Gasteiger charge is -2.10. The molecule has 1 amide bonds. The molecule has 19 heavy (non-hydrogen) atoms. The number of aromatic nitrogens is 1. The summed E-state index contributed by atoms with van der Waals surface area (Å²) in [5.41, 5.74) is 7.43. The van der Waals surface area contributed by atoms with E-state index in [4.69, 9.17) is 10.5 Å². The van der Waals surface area contributed by atoms with E-state index in [1.165, 1.54) is 0 Å². The first-order chi connectivity index (χ1) is 9.16. The highest BCUT2D eigenvalue weighted by molar-refractivity contribution is 5.94. The number of cyclic esters (lactones) is 1. The van der Waals surface area contributed by atoms with Crippen LogP contribution in [0.5, 0.6) is 0 Å². The molecule has 2 N–H and O–H groups in total. The molecule has 0 fully saturated rings. The van der Waals surface area contributed by atoms with Gasteiger partial charge in [0.1, 0.15) is 5.69 Å². The summed E-state index contributed by atoms with van der Waals surface area (Å²) in [6.45, 7) is 0. The minimum Gasteiger partial charge on any atom is -0.447 e. The van der Waals surface area contributed by atoms with E-state index in [9.17, 15) is 9.59 Å². The Bertz CT molecular complexity index is 665. The van der Waals surface area contributed by atoms with E-state index in [0.717, 1.165) is 5.56 Å². The third-order valence-electron chi connectivity index (χ3n) is 3.03. The summed E-state index contributed by atoms with van der Waals surface area (Å²) in [5.74, 6) is -0.874. The first kappa shape index (κ1) is 11.4. The van der Waals surface area contributed by atoms with Gasteiger partial charge in [-0.15, -0.1) is 0 Å². The Labute approximate surface area is 109 Å². The molecule has 1 aromatic carbocycles. The maximum absolute atomic E-state index is 11.7. The molecule has 1 unspecified atom stereocenters. The van der Waals surface area contributed by atoms with E-state index >= 15 is 0 Å². The highest BCUT2D eigenvalue weighted by atomic mass is 16.5. The number of fused-ring (bicyclic) bond motifs is 1. The number of hydrogen-bond donors (Lipinski definition) is 1. The lowest BCUT2D eigenvalue weighted by atomic mass is 10.0. The van der Waals surface area contributed by atoms with Gasteiger partial charge in [-0.25, -0.2) is 4.79 Å². The van der Waals surface area contributed by atoms with Crippen LogP contribution in [0.2, 0.25) is 0 Å². The van der Waals surface area contributed by atoms with Crippen LogP contribution < -0.4 is 5.73 Å². The molecule has 0 aliphatic carbocycles. The maximum atomic E-state index is 11.7. The van der Waals surface area contributed by atoms with Crippen molar-refractivity contribution in [3.05, 3.63) is 65.0 Å². The second kappa shape index (κ2) is 4.20. The summed E-state index contributed by atoms with van der Waals surface area (Å²) < 4.78 is 5.30. The summed E-state index contributed by atoms with van der Waals surface area (Å²) in [4.78, 5) is 26.9. The predicted molar refractivity (Wildman–Crippen MR) is 66.5 cm³/mol. The molecule has 1 aromatic heterocycles. The topological polar surface area (TPSA) is 82.3 Å². The number of carbonyl (C=O) groups excluding carboxylic acids is 2. The molecule has 0 spiro atoms. The monoisotopic (exact) mass is 254 g/mol. The van der Waals surface area contributed by atoms with Gasteiger partial charge in [-0.3, -0.25) is 9.78 Å². The number of carbonyl (C=O) groups is 2. The molecule has 5 heteroatoms. The van der Waals surface area contributed by atoms with Gasteiger partial charge in [0.25, 0.3) is 0 Å². The summed E-state index contributed by atoms with van der Waals surface area (Å²) in [7, 11) is 0. The van der Waals surface area contributed by atoms with Gasteiger partial charge in [-0.2, -0.15) is 0 Å². The van der Waals surface area contributed by atoms with Crippen molar-refractivity contribution in [2.45, 2.75) is 6.10 Å². The van der Waals surface area contributed by atoms with Gasteiger partial charge < -0.3 is 10.5 Å². The molecule has 5 nitrogen and oxygen atoms in total. The van der Waals surface area contributed by atoms with Crippen molar-refractivity contribution in [3.63, 3.8) is 0 Å². The van der Waals surface area contributed by atoms with Crippen molar-refractivity contribution in [3.8, 4) is 0 Å². The number of esters is 1. The fourth-order valence-electron chi connectivity index (χ4n) is 2.07. The quantitative estimate of drug-likeness (QED) is 0.822. The first-order valence-electron chi connectivity index (χ1n) is 5.72. The summed E-state index contributed by atoms with van der Waals surface area (Å²) in [5, 5.41) is 0. The van der Waals surface area contributed by atoms with Gasteiger partial charge in [0.15, 0.2) is 6.10 Å². The van der Waals surface area contributed by atoms with E-state index in [-0.39, 0.29) is 5.97 Å². The van der Waals surface area contributed by atoms with Gasteiger partial charge in [0, 0.05) is 11.8 Å². The highest BCUT2D eigenvalue weighted by Gasteiger charge is 2.33. The molecular formula is C14H10N2O3. The number of nitrogens with two attached hydrogens (primary N) is 1. The third-order valence-corrected chi connectivity index (χ3v) is 3.03. The number of ether oxygens (including phenoxy) is 1. The first-order valence-corrected chi connectivity index (χ1v) is 5.72. The zero-order valence-corrected chi connectivity index (χ0v) is 9.87. The second-order valence-corrected chi connectivity index (χ2v) is 4.21. The van der Waals surface area contributed by atoms with Crippen LogP contribution >= 0.6 is 0 Å². The Morgan fingerprint density at radius 3 is 2.63 bits per heavy atom. The van der Waals surface area contributed by atoms with Crippen LogP contribution in [0.1, 0.15) is 38.1 Å². The molecule has 1 atom stereocenters. The van der Waals surface area contributed by atoms with Crippen LogP contribution in [0.3, 0.4) is 0 Å². The number of amides is 1. The van der Waals surface area contributed by atoms with Crippen molar-refractivity contribution >= 4 is 11.9 Å². The Morgan fingerprint density at radius 2 is 1.95 bits per heavy atom. The van der Waals surface area contributed by atoms with Gasteiger partial charge in [0.2, 0.25) is 5.91 Å². The van der Waals surface area contributed by atoms with Crippen molar-refractivity contribution in [1.82, 2.24) is 4.98 Å². The third kappa shape index (κ3) is 1.85. The normalized spacial score (nSPS) is 16.8. The smallest absolute Gasteiger partial charge is 0.341 e. The van der Waals surface area contributed by atoms with E-state index in [1.807, 2.05) is 0 Å². The van der Waals surface area contributed by atoms with E-state index in [0.29, 0.717) is 16.8 Å². The number of pyridine rings is 1. The van der Waals surface area contributed by atoms with E-state index in [1.54, 1.807) is 42.6 Å². The Kier molecular flexibility index (Phi) is 2.52. The zero-order valence-electron chi connectivity index (χ0n) is 9.87. The molecule has 3 rings (SSSR count). The highest BCUT2D eigenvalue weighted by Crippen LogP contribution is 2.33. The second-order valence-electron chi connectivity index (χ2n) is 4.21. The minimum atomic E-state index is -0.523. The molecular weight excluding hydrogens is 244 g/mol. The molecule has 0 radical (unpaired) electrons. The number of primary amides is 1. The van der Waals surface area contributed by atoms with Crippen LogP contribution in [0.15, 0.2) is 42.6 Å². The Hall–Kier alpha value is -2.69. The fourth-order valence-corrected chi connectivity index (χ4v) is 2.07. The SMILES string of the molecule is NC(=O)c1ccc(C2OC(=O)c3cccnc32)cc1. The molecule has 0 saturated carbocycles. The van der Waals surface area contributed by atoms with Gasteiger partial charge in [-0.1, -0.05) is 12.1 Å². The van der Waals surface area contributed by atoms with Crippen LogP contribution in [-0.2, 0) is 4.74 Å². The maximum Gasteiger partial charge on any atom is 0.341 e. The zero-order chi connectivity index (χ0) is 13.4. The molecule has 0 bridgehead atoms. The number of rotatable bonds is 2. The summed E-state index contributed by atoms with van der Waals surface area (Å²) in [6.07, 6.45) is 1.09. The van der Waals surface area contributed by atoms with Crippen molar-refractivity contribution < 1.29 is 14.3 Å². The molecule has 0 saturated heterocycles. The fraction of sp³-hybridized carbons (Fsp3) is 0.0714. The van der Waals surface area contributed by atoms with Crippen molar-refractivity contribution in [2.75, 3.05) is 0 Å². The number of hydrogen-bond acceptors (Lipinski definition) is 4. The molecule has 2 aromatic rings. The van der Waals surface area contributed by atoms with E-state index < -0.39 is 12.0 Å². The largest absolute Gasteiger partial charge is 0.447 e. The minimum absolute atomic E-state index is 0.382. The number of nitrogens with zero attached hydrogens (tertiary/aromatic N) is 1. The van der Waals surface area contributed by atoms with Gasteiger partial charge in [0.05, 0.1) is 5.56 Å². The summed E-state index contributed by atoms with van der Waals surface area (Å²) >= 11 is 0. The summed E-state index contributed by atoms with van der Waals surface area (Å²) in [6, 6.07) is 10.0. The average Bonchev–Trinajstić information content (AvgIpc) is 2.77. The number of benzene rings is 1. The Morgan fingerprint density at radius 1 is 1.21 bits per heavy atom. The Balaban J connectivity index is 2.00. The lowest BCUT2D eigenvalue weighted by Crippen LogP contribution is -2.11. The molecule has 1 aliphatic rings. The molecule has 94 valence electrons. The van der Waals surface area contributed by atoms with Crippen LogP contribution in [0.4, 0.5) is 0 Å². The van der Waals surface area contributed by atoms with Crippen LogP contribution in [-0.4, -0.2) is 16.9 Å². The van der Waals surface area contributed by atoms with Crippen LogP contribution in [0, 0.1) is 0 Å². The lowest BCUT2D eigenvalue weighted by molar-refractivity contribution is 0.0452. The molecule has 2 heterocycles. The van der Waals surface area contributed by atoms with Crippen molar-refractivity contribution in [2.24, 2.45) is 5.73 Å².